The van der Waals surface area contributed by atoms with Gasteiger partial charge < -0.3 is 21.7 Å². The molecule has 1 fully saturated rings. The van der Waals surface area contributed by atoms with Crippen molar-refractivity contribution in [1.29, 1.82) is 5.41 Å². The Hall–Kier alpha value is -3.94. The van der Waals surface area contributed by atoms with Crippen molar-refractivity contribution in [3.8, 4) is 0 Å². The first-order valence-corrected chi connectivity index (χ1v) is 10.4. The third kappa shape index (κ3) is 5.60. The Labute approximate surface area is 186 Å². The molecule has 8 heteroatoms. The highest BCUT2D eigenvalue weighted by Crippen LogP contribution is 2.29. The number of carbonyl (C=O) groups excluding carboxylic acids is 3. The van der Waals surface area contributed by atoms with Crippen LogP contribution in [0.3, 0.4) is 0 Å². The van der Waals surface area contributed by atoms with Crippen LogP contribution in [0.25, 0.3) is 0 Å². The minimum Gasteiger partial charge on any atom is -0.399 e. The van der Waals surface area contributed by atoms with E-state index in [1.165, 1.54) is 5.56 Å². The van der Waals surface area contributed by atoms with E-state index >= 15 is 0 Å². The molecule has 1 heterocycles. The van der Waals surface area contributed by atoms with E-state index in [1.807, 2.05) is 29.2 Å². The van der Waals surface area contributed by atoms with Crippen LogP contribution in [0.5, 0.6) is 0 Å². The van der Waals surface area contributed by atoms with Crippen LogP contribution in [0.15, 0.2) is 54.6 Å². The van der Waals surface area contributed by atoms with Gasteiger partial charge in [-0.05, 0) is 67.2 Å². The fraction of sp³-hybridized carbons (Fsp3) is 0.250. The summed E-state index contributed by atoms with van der Waals surface area (Å²) in [7, 11) is 0. The van der Waals surface area contributed by atoms with Crippen LogP contribution in [-0.4, -0.2) is 41.4 Å². The van der Waals surface area contributed by atoms with Crippen molar-refractivity contribution in [2.45, 2.75) is 25.7 Å². The first-order valence-electron chi connectivity index (χ1n) is 10.4. The second kappa shape index (κ2) is 9.91. The molecule has 0 aliphatic carbocycles. The number of nitrogens with zero attached hydrogens (tertiary/aromatic N) is 1. The van der Waals surface area contributed by atoms with E-state index < -0.39 is 17.5 Å². The van der Waals surface area contributed by atoms with Crippen molar-refractivity contribution < 1.29 is 14.4 Å². The van der Waals surface area contributed by atoms with Gasteiger partial charge >= 0.3 is 0 Å². The van der Waals surface area contributed by atoms with Gasteiger partial charge in [0.2, 0.25) is 5.91 Å². The highest BCUT2D eigenvalue weighted by atomic mass is 16.2. The monoisotopic (exact) mass is 433 g/mol. The zero-order valence-corrected chi connectivity index (χ0v) is 17.9. The van der Waals surface area contributed by atoms with E-state index in [0.717, 1.165) is 36.2 Å². The molecular formula is C24H27N5O3. The molecule has 3 amide bonds. The maximum Gasteiger partial charge on any atom is 0.273 e. The average Bonchev–Trinajstić information content (AvgIpc) is 2.79. The zero-order chi connectivity index (χ0) is 23.3. The fourth-order valence-corrected chi connectivity index (χ4v) is 3.69. The summed E-state index contributed by atoms with van der Waals surface area (Å²) in [5.41, 5.74) is 14.0. The quantitative estimate of drug-likeness (QED) is 0.315. The van der Waals surface area contributed by atoms with Crippen molar-refractivity contribution in [3.05, 3.63) is 71.3 Å². The molecular weight excluding hydrogens is 406 g/mol. The highest BCUT2D eigenvalue weighted by molar-refractivity contribution is 6.46. The minimum atomic E-state index is -0.744. The SMILES string of the molecule is Cc1ccc(C(=O)N2CCC(c3ccc(N)cc3)CC2)cc1NC(=O)C(=N)/C=C\C(N)=O. The van der Waals surface area contributed by atoms with Crippen molar-refractivity contribution in [3.63, 3.8) is 0 Å². The lowest BCUT2D eigenvalue weighted by Gasteiger charge is -2.32. The summed E-state index contributed by atoms with van der Waals surface area (Å²) in [5.74, 6) is -1.14. The Balaban J connectivity index is 1.65. The van der Waals surface area contributed by atoms with Gasteiger partial charge in [0.1, 0.15) is 5.71 Å². The number of aryl methyl sites for hydroxylation is 1. The normalized spacial score (nSPS) is 14.3. The molecule has 0 saturated carbocycles. The van der Waals surface area contributed by atoms with E-state index in [0.29, 0.717) is 30.3 Å². The molecule has 3 rings (SSSR count). The van der Waals surface area contributed by atoms with Crippen LogP contribution in [0.2, 0.25) is 0 Å². The largest absolute Gasteiger partial charge is 0.399 e. The van der Waals surface area contributed by atoms with Gasteiger partial charge in [0.15, 0.2) is 0 Å². The summed E-state index contributed by atoms with van der Waals surface area (Å²) in [6.45, 7) is 3.09. The molecule has 0 radical (unpaired) electrons. The van der Waals surface area contributed by atoms with Gasteiger partial charge in [-0.2, -0.15) is 0 Å². The number of hydrogen-bond donors (Lipinski definition) is 4. The number of rotatable bonds is 6. The van der Waals surface area contributed by atoms with E-state index in [1.54, 1.807) is 25.1 Å². The van der Waals surface area contributed by atoms with Crippen molar-refractivity contribution in [2.24, 2.45) is 5.73 Å². The number of piperidine rings is 1. The topological polar surface area (TPSA) is 142 Å². The van der Waals surface area contributed by atoms with Gasteiger partial charge in [-0.25, -0.2) is 0 Å². The second-order valence-electron chi connectivity index (χ2n) is 7.87. The van der Waals surface area contributed by atoms with E-state index in [4.69, 9.17) is 16.9 Å². The maximum absolute atomic E-state index is 13.0. The Morgan fingerprint density at radius 2 is 1.72 bits per heavy atom. The van der Waals surface area contributed by atoms with Gasteiger partial charge in [0, 0.05) is 36.1 Å². The predicted octanol–water partition coefficient (Wildman–Crippen LogP) is 2.60. The van der Waals surface area contributed by atoms with Crippen LogP contribution in [0.1, 0.15) is 40.2 Å². The molecule has 0 unspecified atom stereocenters. The zero-order valence-electron chi connectivity index (χ0n) is 17.9. The number of carbonyl (C=O) groups is 3. The van der Waals surface area contributed by atoms with Gasteiger partial charge in [-0.15, -0.1) is 0 Å². The summed E-state index contributed by atoms with van der Waals surface area (Å²) < 4.78 is 0. The molecule has 0 spiro atoms. The number of benzene rings is 2. The Bertz CT molecular complexity index is 1070. The van der Waals surface area contributed by atoms with Gasteiger partial charge in [-0.3, -0.25) is 19.8 Å². The summed E-state index contributed by atoms with van der Waals surface area (Å²) in [5, 5.41) is 10.3. The van der Waals surface area contributed by atoms with Crippen LogP contribution in [-0.2, 0) is 9.59 Å². The number of likely N-dealkylation sites (tertiary alicyclic amines) is 1. The molecule has 8 nitrogen and oxygen atoms in total. The average molecular weight is 434 g/mol. The van der Waals surface area contributed by atoms with Gasteiger partial charge in [0.25, 0.3) is 11.8 Å². The van der Waals surface area contributed by atoms with E-state index in [-0.39, 0.29) is 5.91 Å². The number of hydrogen-bond acceptors (Lipinski definition) is 5. The van der Waals surface area contributed by atoms with E-state index in [9.17, 15) is 14.4 Å². The van der Waals surface area contributed by atoms with Crippen LogP contribution in [0.4, 0.5) is 11.4 Å². The molecule has 0 aromatic heterocycles. The molecule has 1 aliphatic rings. The number of anilines is 2. The summed E-state index contributed by atoms with van der Waals surface area (Å²) >= 11 is 0. The Morgan fingerprint density at radius 1 is 1.06 bits per heavy atom. The predicted molar refractivity (Wildman–Crippen MR) is 125 cm³/mol. The first kappa shape index (κ1) is 22.7. The first-order chi connectivity index (χ1) is 15.2. The van der Waals surface area contributed by atoms with Crippen molar-refractivity contribution in [1.82, 2.24) is 4.90 Å². The standard InChI is InChI=1S/C24H27N5O3/c1-15-2-3-18(14-21(15)28-23(31)20(26)8-9-22(27)30)24(32)29-12-10-17(11-13-29)16-4-6-19(25)7-5-16/h2-9,14,17,26H,10-13,25H2,1H3,(H2,27,30)(H,28,31)/b9-8-,26-20?. The number of nitrogens with two attached hydrogens (primary N) is 2. The van der Waals surface area contributed by atoms with Gasteiger partial charge in [0.05, 0.1) is 0 Å². The Kier molecular flexibility index (Phi) is 7.04. The number of amides is 3. The summed E-state index contributed by atoms with van der Waals surface area (Å²) in [6, 6.07) is 13.0. The van der Waals surface area contributed by atoms with Gasteiger partial charge in [-0.1, -0.05) is 18.2 Å². The molecule has 1 saturated heterocycles. The molecule has 0 bridgehead atoms. The smallest absolute Gasteiger partial charge is 0.273 e. The molecule has 32 heavy (non-hydrogen) atoms. The number of nitrogen functional groups attached to an aromatic ring is 1. The number of nitrogens with one attached hydrogen (secondary N) is 2. The van der Waals surface area contributed by atoms with Crippen molar-refractivity contribution >= 4 is 34.8 Å². The summed E-state index contributed by atoms with van der Waals surface area (Å²) in [6.07, 6.45) is 3.72. The molecule has 1 aliphatic heterocycles. The lowest BCUT2D eigenvalue weighted by atomic mass is 9.89. The van der Waals surface area contributed by atoms with Crippen LogP contribution < -0.4 is 16.8 Å². The van der Waals surface area contributed by atoms with Crippen LogP contribution >= 0.6 is 0 Å². The molecule has 6 N–H and O–H groups in total. The number of primary amides is 1. The lowest BCUT2D eigenvalue weighted by molar-refractivity contribution is -0.113. The molecule has 2 aromatic rings. The highest BCUT2D eigenvalue weighted by Gasteiger charge is 2.25. The lowest BCUT2D eigenvalue weighted by Crippen LogP contribution is -2.38. The fourth-order valence-electron chi connectivity index (χ4n) is 3.69. The molecule has 0 atom stereocenters. The second-order valence-corrected chi connectivity index (χ2v) is 7.87. The summed E-state index contributed by atoms with van der Waals surface area (Å²) in [4.78, 5) is 37.9. The minimum absolute atomic E-state index is 0.0973. The molecule has 2 aromatic carbocycles. The third-order valence-electron chi connectivity index (χ3n) is 5.58. The van der Waals surface area contributed by atoms with Crippen LogP contribution in [0, 0.1) is 12.3 Å². The third-order valence-corrected chi connectivity index (χ3v) is 5.58. The maximum atomic E-state index is 13.0. The molecule has 166 valence electrons. The Morgan fingerprint density at radius 3 is 2.34 bits per heavy atom. The van der Waals surface area contributed by atoms with Crippen molar-refractivity contribution in [2.75, 3.05) is 24.1 Å². The van der Waals surface area contributed by atoms with E-state index in [2.05, 4.69) is 5.32 Å².